The molecule has 0 saturated heterocycles. The molecule has 0 spiro atoms. The van der Waals surface area contributed by atoms with Gasteiger partial charge in [0.1, 0.15) is 0 Å². The zero-order valence-corrected chi connectivity index (χ0v) is 10.9. The summed E-state index contributed by atoms with van der Waals surface area (Å²) >= 11 is 0. The van der Waals surface area contributed by atoms with E-state index in [0.29, 0.717) is 11.6 Å². The van der Waals surface area contributed by atoms with Gasteiger partial charge in [-0.05, 0) is 24.1 Å². The normalized spacial score (nSPS) is 13.7. The minimum atomic E-state index is -0.999. The zero-order valence-electron chi connectivity index (χ0n) is 10.9. The van der Waals surface area contributed by atoms with Gasteiger partial charge in [-0.3, -0.25) is 4.79 Å². The third-order valence-corrected chi connectivity index (χ3v) is 3.29. The third kappa shape index (κ3) is 3.58. The number of carboxylic acid groups (broad SMARTS) is 1. The van der Waals surface area contributed by atoms with Gasteiger partial charge in [0.05, 0.1) is 5.56 Å². The summed E-state index contributed by atoms with van der Waals surface area (Å²) in [7, 11) is 0. The molecule has 1 amide bonds. The summed E-state index contributed by atoms with van der Waals surface area (Å²) < 4.78 is 0. The average molecular weight is 249 g/mol. The number of nitrogens with one attached hydrogen (secondary N) is 1. The van der Waals surface area contributed by atoms with E-state index < -0.39 is 5.97 Å². The molecule has 0 radical (unpaired) electrons. The number of aromatic carboxylic acids is 1. The monoisotopic (exact) mass is 249 g/mol. The van der Waals surface area contributed by atoms with Gasteiger partial charge in [-0.15, -0.1) is 0 Å². The van der Waals surface area contributed by atoms with Crippen LogP contribution in [0.2, 0.25) is 0 Å². The van der Waals surface area contributed by atoms with Crippen LogP contribution in [0.1, 0.15) is 37.6 Å². The molecule has 18 heavy (non-hydrogen) atoms. The maximum absolute atomic E-state index is 11.9. The summed E-state index contributed by atoms with van der Waals surface area (Å²) in [6.45, 7) is 5.95. The van der Waals surface area contributed by atoms with Crippen LogP contribution < -0.4 is 5.32 Å². The lowest BCUT2D eigenvalue weighted by Gasteiger charge is -2.17. The van der Waals surface area contributed by atoms with Crippen LogP contribution in [-0.2, 0) is 4.79 Å². The van der Waals surface area contributed by atoms with Crippen molar-refractivity contribution < 1.29 is 14.7 Å². The van der Waals surface area contributed by atoms with Gasteiger partial charge in [-0.1, -0.05) is 33.3 Å². The van der Waals surface area contributed by atoms with Crippen molar-refractivity contribution in [1.29, 1.82) is 0 Å². The first-order valence-electron chi connectivity index (χ1n) is 6.10. The Morgan fingerprint density at radius 2 is 2.00 bits per heavy atom. The fourth-order valence-electron chi connectivity index (χ4n) is 1.60. The van der Waals surface area contributed by atoms with Crippen LogP contribution >= 0.6 is 0 Å². The topological polar surface area (TPSA) is 66.4 Å². The third-order valence-electron chi connectivity index (χ3n) is 3.29. The number of rotatable bonds is 5. The Labute approximate surface area is 107 Å². The van der Waals surface area contributed by atoms with Crippen LogP contribution in [0.3, 0.4) is 0 Å². The first kappa shape index (κ1) is 14.2. The van der Waals surface area contributed by atoms with Crippen molar-refractivity contribution in [3.63, 3.8) is 0 Å². The predicted molar refractivity (Wildman–Crippen MR) is 70.7 cm³/mol. The number of carbonyl (C=O) groups excluding carboxylic acids is 1. The van der Waals surface area contributed by atoms with Crippen molar-refractivity contribution in [2.45, 2.75) is 27.2 Å². The number of carbonyl (C=O) groups is 2. The minimum absolute atomic E-state index is 0.0770. The zero-order chi connectivity index (χ0) is 13.7. The van der Waals surface area contributed by atoms with Gasteiger partial charge in [-0.2, -0.15) is 0 Å². The number of carboxylic acids is 1. The second-order valence-corrected chi connectivity index (χ2v) is 4.55. The van der Waals surface area contributed by atoms with Crippen molar-refractivity contribution in [3.05, 3.63) is 29.8 Å². The highest BCUT2D eigenvalue weighted by Gasteiger charge is 2.18. The van der Waals surface area contributed by atoms with E-state index in [1.165, 1.54) is 12.1 Å². The van der Waals surface area contributed by atoms with Gasteiger partial charge >= 0.3 is 5.97 Å². The van der Waals surface area contributed by atoms with Crippen molar-refractivity contribution in [3.8, 4) is 0 Å². The Kier molecular flexibility index (Phi) is 4.89. The number of hydrogen-bond acceptors (Lipinski definition) is 2. The summed E-state index contributed by atoms with van der Waals surface area (Å²) in [5.74, 6) is -0.871. The van der Waals surface area contributed by atoms with Gasteiger partial charge in [0.15, 0.2) is 0 Å². The molecule has 0 saturated carbocycles. The fourth-order valence-corrected chi connectivity index (χ4v) is 1.60. The van der Waals surface area contributed by atoms with Crippen molar-refractivity contribution in [2.75, 3.05) is 5.32 Å². The SMILES string of the molecule is CCC(C)C(C)C(=O)Nc1cccc(C(=O)O)c1. The van der Waals surface area contributed by atoms with Gasteiger partial charge in [0, 0.05) is 11.6 Å². The highest BCUT2D eigenvalue weighted by atomic mass is 16.4. The first-order chi connectivity index (χ1) is 8.45. The lowest BCUT2D eigenvalue weighted by Crippen LogP contribution is -2.25. The van der Waals surface area contributed by atoms with Gasteiger partial charge in [-0.25, -0.2) is 4.79 Å². The van der Waals surface area contributed by atoms with Gasteiger partial charge in [0.2, 0.25) is 5.91 Å². The van der Waals surface area contributed by atoms with E-state index in [9.17, 15) is 9.59 Å². The number of hydrogen-bond donors (Lipinski definition) is 2. The van der Waals surface area contributed by atoms with E-state index in [-0.39, 0.29) is 17.4 Å². The van der Waals surface area contributed by atoms with Crippen molar-refractivity contribution >= 4 is 17.6 Å². The van der Waals surface area contributed by atoms with E-state index in [1.807, 2.05) is 20.8 Å². The molecule has 0 bridgehead atoms. The molecule has 1 rings (SSSR count). The number of amides is 1. The molecule has 0 aliphatic heterocycles. The van der Waals surface area contributed by atoms with E-state index in [1.54, 1.807) is 12.1 Å². The molecule has 2 unspecified atom stereocenters. The standard InChI is InChI=1S/C14H19NO3/c1-4-9(2)10(3)13(16)15-12-7-5-6-11(8-12)14(17)18/h5-10H,4H2,1-3H3,(H,15,16)(H,17,18). The van der Waals surface area contributed by atoms with E-state index in [2.05, 4.69) is 5.32 Å². The molecule has 98 valence electrons. The van der Waals surface area contributed by atoms with Gasteiger partial charge < -0.3 is 10.4 Å². The Morgan fingerprint density at radius 3 is 2.56 bits per heavy atom. The smallest absolute Gasteiger partial charge is 0.335 e. The Morgan fingerprint density at radius 1 is 1.33 bits per heavy atom. The molecule has 2 N–H and O–H groups in total. The lowest BCUT2D eigenvalue weighted by atomic mass is 9.93. The molecule has 0 heterocycles. The lowest BCUT2D eigenvalue weighted by molar-refractivity contribution is -0.120. The summed E-state index contributed by atoms with van der Waals surface area (Å²) in [5.41, 5.74) is 0.694. The number of benzene rings is 1. The molecule has 4 heteroatoms. The van der Waals surface area contributed by atoms with Crippen LogP contribution in [0.4, 0.5) is 5.69 Å². The molecule has 2 atom stereocenters. The minimum Gasteiger partial charge on any atom is -0.478 e. The van der Waals surface area contributed by atoms with E-state index in [0.717, 1.165) is 6.42 Å². The van der Waals surface area contributed by atoms with Crippen LogP contribution in [0.15, 0.2) is 24.3 Å². The van der Waals surface area contributed by atoms with Crippen molar-refractivity contribution in [2.24, 2.45) is 11.8 Å². The fraction of sp³-hybridized carbons (Fsp3) is 0.429. The quantitative estimate of drug-likeness (QED) is 0.843. The summed E-state index contributed by atoms with van der Waals surface area (Å²) in [6.07, 6.45) is 0.934. The Balaban J connectivity index is 2.76. The maximum Gasteiger partial charge on any atom is 0.335 e. The van der Waals surface area contributed by atoms with Crippen LogP contribution in [0, 0.1) is 11.8 Å². The highest BCUT2D eigenvalue weighted by Crippen LogP contribution is 2.18. The predicted octanol–water partition coefficient (Wildman–Crippen LogP) is 3.01. The molecule has 1 aromatic carbocycles. The summed E-state index contributed by atoms with van der Waals surface area (Å²) in [5, 5.41) is 11.6. The average Bonchev–Trinajstić information content (AvgIpc) is 2.37. The van der Waals surface area contributed by atoms with E-state index >= 15 is 0 Å². The molecule has 0 fully saturated rings. The van der Waals surface area contributed by atoms with Crippen LogP contribution in [0.5, 0.6) is 0 Å². The van der Waals surface area contributed by atoms with Gasteiger partial charge in [0.25, 0.3) is 0 Å². The summed E-state index contributed by atoms with van der Waals surface area (Å²) in [4.78, 5) is 22.8. The largest absolute Gasteiger partial charge is 0.478 e. The molecule has 0 aliphatic rings. The van der Waals surface area contributed by atoms with E-state index in [4.69, 9.17) is 5.11 Å². The van der Waals surface area contributed by atoms with Crippen molar-refractivity contribution in [1.82, 2.24) is 0 Å². The summed E-state index contributed by atoms with van der Waals surface area (Å²) in [6, 6.07) is 6.26. The molecule has 1 aromatic rings. The molecule has 4 nitrogen and oxygen atoms in total. The Hall–Kier alpha value is -1.84. The van der Waals surface area contributed by atoms with Crippen LogP contribution in [-0.4, -0.2) is 17.0 Å². The molecule has 0 aliphatic carbocycles. The maximum atomic E-state index is 11.9. The molecular formula is C14H19NO3. The second-order valence-electron chi connectivity index (χ2n) is 4.55. The number of anilines is 1. The Bertz CT molecular complexity index is 442. The molecule has 0 aromatic heterocycles. The van der Waals surface area contributed by atoms with Crippen LogP contribution in [0.25, 0.3) is 0 Å². The second kappa shape index (κ2) is 6.19. The molecular weight excluding hydrogens is 230 g/mol. The first-order valence-corrected chi connectivity index (χ1v) is 6.10. The highest BCUT2D eigenvalue weighted by molar-refractivity contribution is 5.94.